The van der Waals surface area contributed by atoms with E-state index in [1.54, 1.807) is 90.1 Å². The zero-order valence-corrected chi connectivity index (χ0v) is 24.1. The molecule has 216 valence electrons. The number of para-hydroxylation sites is 4. The highest BCUT2D eigenvalue weighted by Crippen LogP contribution is 2.23. The number of benzene rings is 2. The Balaban J connectivity index is 1.76. The van der Waals surface area contributed by atoms with Gasteiger partial charge in [-0.05, 0) is 78.6 Å². The average molecular weight is 553 g/mol. The normalized spacial score (nSPS) is 11.4. The van der Waals surface area contributed by atoms with Gasteiger partial charge in [-0.15, -0.1) is 0 Å². The van der Waals surface area contributed by atoms with Gasteiger partial charge in [0.05, 0.1) is 22.7 Å². The lowest BCUT2D eigenvalue weighted by Crippen LogP contribution is -2.27. The first-order valence-corrected chi connectivity index (χ1v) is 13.1. The second kappa shape index (κ2) is 14.7. The van der Waals surface area contributed by atoms with Crippen LogP contribution in [0.25, 0.3) is 0 Å². The van der Waals surface area contributed by atoms with Gasteiger partial charge in [0.1, 0.15) is 11.2 Å². The molecule has 0 radical (unpaired) electrons. The van der Waals surface area contributed by atoms with Crippen LogP contribution < -0.4 is 21.3 Å². The molecule has 0 aliphatic heterocycles. The first-order chi connectivity index (χ1) is 18.7. The van der Waals surface area contributed by atoms with Gasteiger partial charge in [0.2, 0.25) is 11.8 Å². The number of nitrogens with one attached hydrogen (secondary N) is 4. The maximum absolute atomic E-state index is 12.4. The maximum Gasteiger partial charge on any atom is 0.412 e. The van der Waals surface area contributed by atoms with Crippen LogP contribution in [0.4, 0.5) is 32.3 Å². The number of amides is 4. The van der Waals surface area contributed by atoms with Crippen LogP contribution in [-0.2, 0) is 19.1 Å². The van der Waals surface area contributed by atoms with Gasteiger partial charge in [-0.25, -0.2) is 9.59 Å². The summed E-state index contributed by atoms with van der Waals surface area (Å²) in [5.74, 6) is -0.426. The van der Waals surface area contributed by atoms with E-state index in [9.17, 15) is 19.2 Å². The second-order valence-corrected chi connectivity index (χ2v) is 11.0. The SMILES string of the molecule is CC(C)(C)OC(=O)Nc1ccccc1NC(=O)CC/C=C/CCC(=O)Nc1ccccc1NC(=O)OC(C)(C)C. The number of rotatable bonds is 10. The van der Waals surface area contributed by atoms with Crippen LogP contribution in [-0.4, -0.2) is 35.2 Å². The van der Waals surface area contributed by atoms with E-state index in [-0.39, 0.29) is 24.7 Å². The molecule has 0 spiro atoms. The van der Waals surface area contributed by atoms with Gasteiger partial charge in [0, 0.05) is 12.8 Å². The van der Waals surface area contributed by atoms with Crippen LogP contribution in [0.5, 0.6) is 0 Å². The fraction of sp³-hybridized carbons (Fsp3) is 0.400. The molecular formula is C30H40N4O6. The predicted molar refractivity (Wildman–Crippen MR) is 157 cm³/mol. The largest absolute Gasteiger partial charge is 0.444 e. The Bertz CT molecular complexity index is 1120. The molecule has 4 N–H and O–H groups in total. The lowest BCUT2D eigenvalue weighted by atomic mass is 10.2. The number of carbonyl (C=O) groups is 4. The fourth-order valence-electron chi connectivity index (χ4n) is 3.32. The molecular weight excluding hydrogens is 512 g/mol. The average Bonchev–Trinajstić information content (AvgIpc) is 2.81. The van der Waals surface area contributed by atoms with E-state index >= 15 is 0 Å². The van der Waals surface area contributed by atoms with Crippen LogP contribution in [0, 0.1) is 0 Å². The van der Waals surface area contributed by atoms with Crippen LogP contribution in [0.1, 0.15) is 67.2 Å². The Morgan fingerprint density at radius 2 is 0.875 bits per heavy atom. The van der Waals surface area contributed by atoms with Crippen molar-refractivity contribution in [2.75, 3.05) is 21.3 Å². The van der Waals surface area contributed by atoms with Crippen LogP contribution >= 0.6 is 0 Å². The Labute approximate surface area is 235 Å². The molecule has 0 bridgehead atoms. The molecule has 0 saturated carbocycles. The van der Waals surface area contributed by atoms with Crippen molar-refractivity contribution in [2.45, 2.75) is 78.4 Å². The van der Waals surface area contributed by atoms with E-state index in [1.165, 1.54) is 0 Å². The summed E-state index contributed by atoms with van der Waals surface area (Å²) in [6.45, 7) is 10.6. The smallest absolute Gasteiger partial charge is 0.412 e. The monoisotopic (exact) mass is 552 g/mol. The van der Waals surface area contributed by atoms with Crippen molar-refractivity contribution in [1.29, 1.82) is 0 Å². The fourth-order valence-corrected chi connectivity index (χ4v) is 3.32. The number of carbonyl (C=O) groups excluding carboxylic acids is 4. The van der Waals surface area contributed by atoms with Gasteiger partial charge < -0.3 is 20.1 Å². The number of hydrogen-bond donors (Lipinski definition) is 4. The van der Waals surface area contributed by atoms with Crippen molar-refractivity contribution < 1.29 is 28.7 Å². The third kappa shape index (κ3) is 12.9. The standard InChI is InChI=1S/C30H40N4O6/c1-29(2,3)39-27(37)33-23-17-13-11-15-21(23)31-25(35)19-9-7-8-10-20-26(36)32-22-16-12-14-18-24(22)34-28(38)40-30(4,5)6/h7-8,11-18H,9-10,19-20H2,1-6H3,(H,31,35)(H,32,36)(H,33,37)(H,34,38)/b8-7+. The molecule has 0 aliphatic rings. The van der Waals surface area contributed by atoms with E-state index < -0.39 is 23.4 Å². The van der Waals surface area contributed by atoms with Crippen LogP contribution in [0.15, 0.2) is 60.7 Å². The first kappa shape index (κ1) is 31.9. The van der Waals surface area contributed by atoms with Crippen molar-refractivity contribution in [3.63, 3.8) is 0 Å². The summed E-state index contributed by atoms with van der Waals surface area (Å²) in [6.07, 6.45) is 3.90. The molecule has 40 heavy (non-hydrogen) atoms. The third-order valence-corrected chi connectivity index (χ3v) is 4.92. The van der Waals surface area contributed by atoms with Crippen molar-refractivity contribution in [2.24, 2.45) is 0 Å². The molecule has 0 heterocycles. The number of ether oxygens (including phenoxy) is 2. The summed E-state index contributed by atoms with van der Waals surface area (Å²) in [5.41, 5.74) is 0.544. The molecule has 10 nitrogen and oxygen atoms in total. The number of allylic oxidation sites excluding steroid dienone is 2. The molecule has 0 aromatic heterocycles. The van der Waals surface area contributed by atoms with Crippen LogP contribution in [0.3, 0.4) is 0 Å². The summed E-state index contributed by atoms with van der Waals surface area (Å²) in [6, 6.07) is 13.8. The first-order valence-electron chi connectivity index (χ1n) is 13.1. The number of anilines is 4. The topological polar surface area (TPSA) is 135 Å². The summed E-state index contributed by atoms with van der Waals surface area (Å²) >= 11 is 0. The van der Waals surface area contributed by atoms with E-state index in [0.29, 0.717) is 35.6 Å². The van der Waals surface area contributed by atoms with E-state index in [2.05, 4.69) is 21.3 Å². The van der Waals surface area contributed by atoms with Crippen molar-refractivity contribution >= 4 is 46.8 Å². The second-order valence-electron chi connectivity index (χ2n) is 11.0. The van der Waals surface area contributed by atoms with E-state index in [0.717, 1.165) is 0 Å². The lowest BCUT2D eigenvalue weighted by molar-refractivity contribution is -0.117. The molecule has 0 aliphatic carbocycles. The minimum absolute atomic E-state index is 0.213. The van der Waals surface area contributed by atoms with Gasteiger partial charge in [0.25, 0.3) is 0 Å². The van der Waals surface area contributed by atoms with Crippen molar-refractivity contribution in [3.8, 4) is 0 Å². The molecule has 0 saturated heterocycles. The van der Waals surface area contributed by atoms with E-state index in [1.807, 2.05) is 12.2 Å². The zero-order chi connectivity index (χ0) is 29.8. The number of hydrogen-bond acceptors (Lipinski definition) is 6. The van der Waals surface area contributed by atoms with E-state index in [4.69, 9.17) is 9.47 Å². The van der Waals surface area contributed by atoms with Crippen molar-refractivity contribution in [1.82, 2.24) is 0 Å². The molecule has 2 rings (SSSR count). The quantitative estimate of drug-likeness (QED) is 0.233. The molecule has 4 amide bonds. The van der Waals surface area contributed by atoms with Gasteiger partial charge >= 0.3 is 12.2 Å². The zero-order valence-electron chi connectivity index (χ0n) is 24.1. The maximum atomic E-state index is 12.4. The summed E-state index contributed by atoms with van der Waals surface area (Å²) < 4.78 is 10.5. The summed E-state index contributed by atoms with van der Waals surface area (Å²) in [7, 11) is 0. The van der Waals surface area contributed by atoms with Crippen LogP contribution in [0.2, 0.25) is 0 Å². The minimum Gasteiger partial charge on any atom is -0.444 e. The molecule has 0 fully saturated rings. The van der Waals surface area contributed by atoms with Gasteiger partial charge in [0.15, 0.2) is 0 Å². The molecule has 10 heteroatoms. The molecule has 2 aromatic carbocycles. The summed E-state index contributed by atoms with van der Waals surface area (Å²) in [5, 5.41) is 10.9. The van der Waals surface area contributed by atoms with Crippen molar-refractivity contribution in [3.05, 3.63) is 60.7 Å². The molecule has 0 atom stereocenters. The highest BCUT2D eigenvalue weighted by atomic mass is 16.6. The Kier molecular flexibility index (Phi) is 11.7. The Morgan fingerprint density at radius 1 is 0.575 bits per heavy atom. The Hall–Kier alpha value is -4.34. The predicted octanol–water partition coefficient (Wildman–Crippen LogP) is 7.07. The lowest BCUT2D eigenvalue weighted by Gasteiger charge is -2.20. The molecule has 2 aromatic rings. The van der Waals surface area contributed by atoms with Gasteiger partial charge in [-0.1, -0.05) is 36.4 Å². The highest BCUT2D eigenvalue weighted by molar-refractivity contribution is 5.98. The van der Waals surface area contributed by atoms with Gasteiger partial charge in [-0.3, -0.25) is 20.2 Å². The minimum atomic E-state index is -0.640. The third-order valence-electron chi connectivity index (χ3n) is 4.92. The van der Waals surface area contributed by atoms with Gasteiger partial charge in [-0.2, -0.15) is 0 Å². The highest BCUT2D eigenvalue weighted by Gasteiger charge is 2.18. The summed E-state index contributed by atoms with van der Waals surface area (Å²) in [4.78, 5) is 49.0. The molecule has 0 unspecified atom stereocenters. The Morgan fingerprint density at radius 3 is 1.18 bits per heavy atom.